The fourth-order valence-electron chi connectivity index (χ4n) is 2.38. The molecular weight excluding hydrogens is 314 g/mol. The van der Waals surface area contributed by atoms with E-state index >= 15 is 0 Å². The van der Waals surface area contributed by atoms with Crippen LogP contribution < -0.4 is 0 Å². The lowest BCUT2D eigenvalue weighted by molar-refractivity contribution is 0.415. The molecule has 0 aliphatic carbocycles. The predicted molar refractivity (Wildman–Crippen MR) is 86.0 cm³/mol. The van der Waals surface area contributed by atoms with Crippen molar-refractivity contribution >= 4 is 33.4 Å². The normalized spacial score (nSPS) is 21.1. The molecule has 112 valence electrons. The summed E-state index contributed by atoms with van der Waals surface area (Å²) in [5.41, 5.74) is 1.65. The highest BCUT2D eigenvalue weighted by Crippen LogP contribution is 2.28. The first-order valence-corrected chi connectivity index (χ1v) is 9.79. The maximum atomic E-state index is 12.8. The zero-order valence-electron chi connectivity index (χ0n) is 11.8. The first-order chi connectivity index (χ1) is 9.50. The Morgan fingerprint density at radius 1 is 1.45 bits per heavy atom. The minimum absolute atomic E-state index is 0.336. The third kappa shape index (κ3) is 3.16. The molecular formula is C14H20ClNO2S2. The van der Waals surface area contributed by atoms with Crippen molar-refractivity contribution in [2.24, 2.45) is 0 Å². The summed E-state index contributed by atoms with van der Waals surface area (Å²) < 4.78 is 27.2. The summed E-state index contributed by atoms with van der Waals surface area (Å²) in [6.45, 7) is 5.13. The van der Waals surface area contributed by atoms with Gasteiger partial charge in [0.25, 0.3) is 0 Å². The van der Waals surface area contributed by atoms with Crippen molar-refractivity contribution in [3.8, 4) is 0 Å². The smallest absolute Gasteiger partial charge is 0.207 e. The summed E-state index contributed by atoms with van der Waals surface area (Å²) in [5.74, 6) is 1.20. The van der Waals surface area contributed by atoms with E-state index in [-0.39, 0.29) is 0 Å². The van der Waals surface area contributed by atoms with Crippen molar-refractivity contribution in [2.75, 3.05) is 18.8 Å². The Balaban J connectivity index is 2.35. The van der Waals surface area contributed by atoms with Crippen molar-refractivity contribution in [1.29, 1.82) is 0 Å². The summed E-state index contributed by atoms with van der Waals surface area (Å²) in [4.78, 5) is 0.400. The molecule has 1 aliphatic heterocycles. The average molecular weight is 334 g/mol. The van der Waals surface area contributed by atoms with Gasteiger partial charge in [0.15, 0.2) is 0 Å². The van der Waals surface area contributed by atoms with Gasteiger partial charge in [0, 0.05) is 30.0 Å². The quantitative estimate of drug-likeness (QED) is 0.794. The minimum atomic E-state index is -3.41. The second-order valence-corrected chi connectivity index (χ2v) is 8.52. The Labute approximate surface area is 130 Å². The fraction of sp³-hybridized carbons (Fsp3) is 0.571. The summed E-state index contributed by atoms with van der Waals surface area (Å²) in [6.07, 6.45) is 0.997. The van der Waals surface area contributed by atoms with Gasteiger partial charge in [0.2, 0.25) is 10.0 Å². The van der Waals surface area contributed by atoms with Gasteiger partial charge in [-0.25, -0.2) is 8.42 Å². The largest absolute Gasteiger partial charge is 0.243 e. The SMILES string of the molecule is CCC1CN(S(=O)(=O)c2cccc(CCl)c2C)CCS1. The van der Waals surface area contributed by atoms with Gasteiger partial charge in [-0.2, -0.15) is 16.1 Å². The first-order valence-electron chi connectivity index (χ1n) is 6.77. The summed E-state index contributed by atoms with van der Waals surface area (Å²) in [6, 6.07) is 5.33. The Morgan fingerprint density at radius 2 is 2.20 bits per heavy atom. The second-order valence-electron chi connectivity index (χ2n) is 4.94. The van der Waals surface area contributed by atoms with Crippen molar-refractivity contribution in [2.45, 2.75) is 36.3 Å². The van der Waals surface area contributed by atoms with Crippen LogP contribution in [0.1, 0.15) is 24.5 Å². The molecule has 0 bridgehead atoms. The number of hydrogen-bond acceptors (Lipinski definition) is 3. The highest BCUT2D eigenvalue weighted by Gasteiger charge is 2.31. The number of thioether (sulfide) groups is 1. The summed E-state index contributed by atoms with van der Waals surface area (Å²) >= 11 is 7.74. The van der Waals surface area contributed by atoms with Gasteiger partial charge in [-0.15, -0.1) is 11.6 Å². The molecule has 0 spiro atoms. The van der Waals surface area contributed by atoms with Crippen LogP contribution in [0.25, 0.3) is 0 Å². The van der Waals surface area contributed by atoms with Crippen LogP contribution in [0.3, 0.4) is 0 Å². The predicted octanol–water partition coefficient (Wildman–Crippen LogP) is 3.25. The van der Waals surface area contributed by atoms with Crippen LogP contribution >= 0.6 is 23.4 Å². The van der Waals surface area contributed by atoms with Gasteiger partial charge < -0.3 is 0 Å². The molecule has 1 saturated heterocycles. The van der Waals surface area contributed by atoms with E-state index in [1.54, 1.807) is 16.4 Å². The average Bonchev–Trinajstić information content (AvgIpc) is 2.47. The van der Waals surface area contributed by atoms with Crippen molar-refractivity contribution < 1.29 is 8.42 Å². The highest BCUT2D eigenvalue weighted by atomic mass is 35.5. The molecule has 0 amide bonds. The molecule has 1 heterocycles. The number of nitrogens with zero attached hydrogens (tertiary/aromatic N) is 1. The molecule has 6 heteroatoms. The molecule has 0 aromatic heterocycles. The molecule has 0 radical (unpaired) electrons. The van der Waals surface area contributed by atoms with Gasteiger partial charge in [-0.3, -0.25) is 0 Å². The van der Waals surface area contributed by atoms with Gasteiger partial charge in [0.1, 0.15) is 0 Å². The standard InChI is InChI=1S/C14H20ClNO2S2/c1-3-13-10-16(7-8-19-13)20(17,18)14-6-4-5-12(9-15)11(14)2/h4-6,13H,3,7-10H2,1-2H3. The van der Waals surface area contributed by atoms with Crippen LogP contribution in [0, 0.1) is 6.92 Å². The molecule has 20 heavy (non-hydrogen) atoms. The lowest BCUT2D eigenvalue weighted by Gasteiger charge is -2.31. The molecule has 1 fully saturated rings. The zero-order valence-corrected chi connectivity index (χ0v) is 14.2. The minimum Gasteiger partial charge on any atom is -0.207 e. The van der Waals surface area contributed by atoms with Crippen LogP contribution in [0.5, 0.6) is 0 Å². The van der Waals surface area contributed by atoms with Crippen LogP contribution in [0.4, 0.5) is 0 Å². The molecule has 1 aromatic rings. The lowest BCUT2D eigenvalue weighted by atomic mass is 10.1. The lowest BCUT2D eigenvalue weighted by Crippen LogP contribution is -2.41. The second kappa shape index (κ2) is 6.69. The third-order valence-electron chi connectivity index (χ3n) is 3.71. The fourth-order valence-corrected chi connectivity index (χ4v) is 5.81. The number of rotatable bonds is 4. The van der Waals surface area contributed by atoms with Crippen molar-refractivity contribution in [1.82, 2.24) is 4.31 Å². The van der Waals surface area contributed by atoms with Crippen molar-refractivity contribution in [3.63, 3.8) is 0 Å². The van der Waals surface area contributed by atoms with Crippen molar-refractivity contribution in [3.05, 3.63) is 29.3 Å². The van der Waals surface area contributed by atoms with Crippen LogP contribution in [0.15, 0.2) is 23.1 Å². The monoisotopic (exact) mass is 333 g/mol. The Morgan fingerprint density at radius 3 is 2.85 bits per heavy atom. The van der Waals surface area contributed by atoms with E-state index in [0.29, 0.717) is 29.1 Å². The number of halogens is 1. The number of hydrogen-bond donors (Lipinski definition) is 0. The van der Waals surface area contributed by atoms with Gasteiger partial charge >= 0.3 is 0 Å². The number of sulfonamides is 1. The Bertz CT molecular complexity index is 575. The molecule has 1 unspecified atom stereocenters. The highest BCUT2D eigenvalue weighted by molar-refractivity contribution is 8.00. The van der Waals surface area contributed by atoms with E-state index in [4.69, 9.17) is 11.6 Å². The molecule has 0 N–H and O–H groups in total. The number of alkyl halides is 1. The Kier molecular flexibility index (Phi) is 5.40. The topological polar surface area (TPSA) is 37.4 Å². The molecule has 3 nitrogen and oxygen atoms in total. The molecule has 1 aromatic carbocycles. The van der Waals surface area contributed by atoms with E-state index in [1.165, 1.54) is 0 Å². The molecule has 1 aliphatic rings. The van der Waals surface area contributed by atoms with Gasteiger partial charge in [-0.05, 0) is 30.5 Å². The van der Waals surface area contributed by atoms with E-state index in [1.807, 2.05) is 24.8 Å². The third-order valence-corrected chi connectivity index (χ3v) is 7.38. The van der Waals surface area contributed by atoms with Gasteiger partial charge in [0.05, 0.1) is 4.90 Å². The van der Waals surface area contributed by atoms with E-state index in [9.17, 15) is 8.42 Å². The van der Waals surface area contributed by atoms with E-state index in [0.717, 1.165) is 23.3 Å². The van der Waals surface area contributed by atoms with E-state index < -0.39 is 10.0 Å². The number of benzene rings is 1. The van der Waals surface area contributed by atoms with Crippen LogP contribution in [-0.4, -0.2) is 36.8 Å². The first kappa shape index (κ1) is 16.1. The zero-order chi connectivity index (χ0) is 14.8. The van der Waals surface area contributed by atoms with Gasteiger partial charge in [-0.1, -0.05) is 19.1 Å². The van der Waals surface area contributed by atoms with Crippen LogP contribution in [0.2, 0.25) is 0 Å². The van der Waals surface area contributed by atoms with E-state index in [2.05, 4.69) is 6.92 Å². The van der Waals surface area contributed by atoms with Crippen LogP contribution in [-0.2, 0) is 15.9 Å². The summed E-state index contributed by atoms with van der Waals surface area (Å²) in [7, 11) is -3.41. The molecule has 1 atom stereocenters. The summed E-state index contributed by atoms with van der Waals surface area (Å²) in [5, 5.41) is 0.398. The maximum absolute atomic E-state index is 12.8. The maximum Gasteiger partial charge on any atom is 0.243 e. The Hall–Kier alpha value is -0.230. The molecule has 0 saturated carbocycles. The molecule has 2 rings (SSSR count).